The molecule has 1 aliphatic heterocycles. The molecule has 45 heavy (non-hydrogen) atoms. The van der Waals surface area contributed by atoms with Gasteiger partial charge in [0.1, 0.15) is 18.9 Å². The third-order valence-electron chi connectivity index (χ3n) is 7.78. The number of primary amides is 1. The topological polar surface area (TPSA) is 207 Å². The molecule has 0 atom stereocenters. The highest BCUT2D eigenvalue weighted by Gasteiger charge is 2.30. The lowest BCUT2D eigenvalue weighted by atomic mass is 9.89. The number of benzene rings is 1. The Balaban J connectivity index is 1.47. The van der Waals surface area contributed by atoms with Crippen molar-refractivity contribution in [2.24, 2.45) is 12.8 Å². The van der Waals surface area contributed by atoms with Crippen LogP contribution in [0.5, 0.6) is 0 Å². The third kappa shape index (κ3) is 6.89. The van der Waals surface area contributed by atoms with E-state index >= 15 is 4.39 Å². The molecule has 0 spiro atoms. The maximum absolute atomic E-state index is 15.6. The number of carbonyl (C=O) groups is 5. The number of carboxylic acid groups (broad SMARTS) is 1. The summed E-state index contributed by atoms with van der Waals surface area (Å²) in [5.74, 6) is -3.80. The van der Waals surface area contributed by atoms with E-state index in [0.717, 1.165) is 0 Å². The number of hydrogen-bond donors (Lipinski definition) is 4. The maximum atomic E-state index is 15.6. The smallest absolute Gasteiger partial charge is 0.322 e. The highest BCUT2D eigenvalue weighted by molar-refractivity contribution is 5.98. The van der Waals surface area contributed by atoms with E-state index in [-0.39, 0.29) is 31.2 Å². The van der Waals surface area contributed by atoms with E-state index in [9.17, 15) is 24.0 Å². The van der Waals surface area contributed by atoms with Gasteiger partial charge in [-0.05, 0) is 36.6 Å². The first-order chi connectivity index (χ1) is 21.5. The number of piperidine rings is 1. The zero-order chi connectivity index (χ0) is 32.2. The lowest BCUT2D eigenvalue weighted by Gasteiger charge is -2.31. The average Bonchev–Trinajstić information content (AvgIpc) is 3.56. The van der Waals surface area contributed by atoms with Crippen LogP contribution < -0.4 is 16.4 Å². The summed E-state index contributed by atoms with van der Waals surface area (Å²) < 4.78 is 18.6. The maximum Gasteiger partial charge on any atom is 0.322 e. The van der Waals surface area contributed by atoms with Crippen LogP contribution in [-0.4, -0.2) is 90.3 Å². The Hall–Kier alpha value is -5.41. The molecular weight excluding hydrogens is 589 g/mol. The Kier molecular flexibility index (Phi) is 9.01. The van der Waals surface area contributed by atoms with Crippen LogP contribution in [0.2, 0.25) is 0 Å². The zero-order valence-electron chi connectivity index (χ0n) is 24.5. The first kappa shape index (κ1) is 31.0. The van der Waals surface area contributed by atoms with Gasteiger partial charge in [-0.15, -0.1) is 0 Å². The number of amides is 4. The molecule has 1 aromatic carbocycles. The summed E-state index contributed by atoms with van der Waals surface area (Å²) in [6, 6.07) is 4.80. The number of fused-ring (bicyclic) bond motifs is 2. The van der Waals surface area contributed by atoms with Gasteiger partial charge in [0, 0.05) is 56.0 Å². The normalized spacial score (nSPS) is 13.7. The molecule has 5 rings (SSSR count). The van der Waals surface area contributed by atoms with Crippen LogP contribution in [0.1, 0.15) is 37.3 Å². The van der Waals surface area contributed by atoms with Crippen molar-refractivity contribution < 1.29 is 33.5 Å². The number of nitrogens with zero attached hydrogens (tertiary/aromatic N) is 6. The molecule has 3 aromatic heterocycles. The predicted octanol–water partition coefficient (Wildman–Crippen LogP) is 0.413. The van der Waals surface area contributed by atoms with Crippen LogP contribution >= 0.6 is 0 Å². The van der Waals surface area contributed by atoms with Crippen LogP contribution in [0.3, 0.4) is 0 Å². The van der Waals surface area contributed by atoms with Crippen LogP contribution in [-0.2, 0) is 37.6 Å². The van der Waals surface area contributed by atoms with Crippen LogP contribution in [0.4, 0.5) is 4.39 Å². The van der Waals surface area contributed by atoms with Crippen molar-refractivity contribution in [2.75, 3.05) is 26.2 Å². The second-order valence-corrected chi connectivity index (χ2v) is 10.8. The lowest BCUT2D eigenvalue weighted by molar-refractivity contribution is -0.137. The number of aliphatic carboxylic acids is 1. The van der Waals surface area contributed by atoms with Crippen LogP contribution in [0.25, 0.3) is 33.1 Å². The molecule has 15 nitrogen and oxygen atoms in total. The fraction of sp³-hybridized carbons (Fsp3) is 0.379. The minimum atomic E-state index is -1.22. The van der Waals surface area contributed by atoms with Crippen molar-refractivity contribution in [3.8, 4) is 11.1 Å². The van der Waals surface area contributed by atoms with Gasteiger partial charge in [0.25, 0.3) is 0 Å². The van der Waals surface area contributed by atoms with Crippen molar-refractivity contribution >= 4 is 51.5 Å². The standard InChI is InChI=1S/C29H32FN9O6/c1-37-21-11-19(20(30)10-17(21)12-35-37)18-4-7-32-29-27(18)28(16-5-8-38(9-6-16)25(43)3-2-22(31)40)36-39(29)15-24(42)33-13-23(41)34-14-26(44)45/h4,7,10-12,16H,2-3,5-6,8-9,13-15H2,1H3,(H2,31,40)(H,33,42)(H,34,41)(H,44,45). The number of carboxylic acids is 1. The summed E-state index contributed by atoms with van der Waals surface area (Å²) in [5, 5.41) is 23.5. The summed E-state index contributed by atoms with van der Waals surface area (Å²) in [4.78, 5) is 65.3. The fourth-order valence-corrected chi connectivity index (χ4v) is 5.52. The highest BCUT2D eigenvalue weighted by atomic mass is 19.1. The molecule has 4 aromatic rings. The second kappa shape index (κ2) is 13.1. The SMILES string of the molecule is Cn1ncc2cc(F)c(-c3ccnc4c3c(C3CCN(C(=O)CCC(N)=O)CC3)nn4CC(=O)NCC(=O)NCC(=O)O)cc21. The zero-order valence-corrected chi connectivity index (χ0v) is 24.5. The summed E-state index contributed by atoms with van der Waals surface area (Å²) in [7, 11) is 1.76. The fourth-order valence-electron chi connectivity index (χ4n) is 5.52. The molecule has 236 valence electrons. The van der Waals surface area contributed by atoms with Gasteiger partial charge in [-0.25, -0.2) is 14.1 Å². The molecule has 5 N–H and O–H groups in total. The molecule has 4 heterocycles. The number of nitrogens with one attached hydrogen (secondary N) is 2. The molecule has 1 saturated heterocycles. The van der Waals surface area contributed by atoms with E-state index < -0.39 is 42.6 Å². The van der Waals surface area contributed by atoms with E-state index in [0.29, 0.717) is 64.7 Å². The molecule has 0 radical (unpaired) electrons. The van der Waals surface area contributed by atoms with Gasteiger partial charge in [-0.2, -0.15) is 10.2 Å². The van der Waals surface area contributed by atoms with E-state index in [4.69, 9.17) is 15.9 Å². The summed E-state index contributed by atoms with van der Waals surface area (Å²) >= 11 is 0. The second-order valence-electron chi connectivity index (χ2n) is 10.8. The van der Waals surface area contributed by atoms with Crippen molar-refractivity contribution in [3.63, 3.8) is 0 Å². The molecule has 16 heteroatoms. The van der Waals surface area contributed by atoms with E-state index in [2.05, 4.69) is 20.7 Å². The highest BCUT2D eigenvalue weighted by Crippen LogP contribution is 2.39. The number of rotatable bonds is 11. The van der Waals surface area contributed by atoms with Gasteiger partial charge in [-0.1, -0.05) is 0 Å². The largest absolute Gasteiger partial charge is 0.480 e. The average molecular weight is 622 g/mol. The van der Waals surface area contributed by atoms with Crippen LogP contribution in [0.15, 0.2) is 30.6 Å². The number of halogens is 1. The number of hydrogen-bond acceptors (Lipinski definition) is 8. The third-order valence-corrected chi connectivity index (χ3v) is 7.78. The van der Waals surface area contributed by atoms with E-state index in [1.807, 2.05) is 0 Å². The quantitative estimate of drug-likeness (QED) is 0.183. The van der Waals surface area contributed by atoms with Crippen LogP contribution in [0, 0.1) is 5.82 Å². The summed E-state index contributed by atoms with van der Waals surface area (Å²) in [5.41, 5.74) is 7.66. The van der Waals surface area contributed by atoms with Gasteiger partial charge in [0.2, 0.25) is 23.6 Å². The van der Waals surface area contributed by atoms with Gasteiger partial charge in [0.05, 0.1) is 29.3 Å². The molecule has 0 unspecified atom stereocenters. The minimum Gasteiger partial charge on any atom is -0.480 e. The molecular formula is C29H32FN9O6. The van der Waals surface area contributed by atoms with Crippen molar-refractivity contribution in [1.29, 1.82) is 0 Å². The molecule has 1 fully saturated rings. The monoisotopic (exact) mass is 621 g/mol. The number of nitrogens with two attached hydrogens (primary N) is 1. The Labute approximate surface area is 255 Å². The minimum absolute atomic E-state index is 0.0291. The first-order valence-electron chi connectivity index (χ1n) is 14.3. The molecule has 4 amide bonds. The molecule has 0 bridgehead atoms. The predicted molar refractivity (Wildman–Crippen MR) is 158 cm³/mol. The van der Waals surface area contributed by atoms with Gasteiger partial charge < -0.3 is 26.4 Å². The van der Waals surface area contributed by atoms with E-state index in [1.54, 1.807) is 35.0 Å². The van der Waals surface area contributed by atoms with Crippen molar-refractivity contribution in [1.82, 2.24) is 40.1 Å². The Morgan fingerprint density at radius 2 is 1.78 bits per heavy atom. The summed E-state index contributed by atoms with van der Waals surface area (Å²) in [6.45, 7) is -0.506. The molecule has 1 aliphatic rings. The number of aromatic nitrogens is 5. The Morgan fingerprint density at radius 3 is 2.49 bits per heavy atom. The number of likely N-dealkylation sites (tertiary alicyclic amines) is 1. The summed E-state index contributed by atoms with van der Waals surface area (Å²) in [6.07, 6.45) is 4.14. The lowest BCUT2D eigenvalue weighted by Crippen LogP contribution is -2.40. The van der Waals surface area contributed by atoms with Crippen molar-refractivity contribution in [2.45, 2.75) is 38.1 Å². The number of pyridine rings is 1. The van der Waals surface area contributed by atoms with Gasteiger partial charge in [0.15, 0.2) is 5.65 Å². The first-order valence-corrected chi connectivity index (χ1v) is 14.3. The molecule has 0 saturated carbocycles. The van der Waals surface area contributed by atoms with E-state index in [1.165, 1.54) is 16.9 Å². The number of carbonyl (C=O) groups excluding carboxylic acids is 4. The Morgan fingerprint density at radius 1 is 1.04 bits per heavy atom. The number of aryl methyl sites for hydroxylation is 1. The molecule has 0 aliphatic carbocycles. The van der Waals surface area contributed by atoms with Crippen molar-refractivity contribution in [3.05, 3.63) is 42.1 Å². The van der Waals surface area contributed by atoms with Gasteiger partial charge >= 0.3 is 5.97 Å². The Bertz CT molecular complexity index is 1810. The van der Waals surface area contributed by atoms with Gasteiger partial charge in [-0.3, -0.25) is 28.7 Å².